The fourth-order valence-electron chi connectivity index (χ4n) is 3.12. The average molecular weight is 388 g/mol. The first-order chi connectivity index (χ1) is 13.2. The molecular formula is C21H26FN3OS. The van der Waals surface area contributed by atoms with E-state index >= 15 is 0 Å². The zero-order chi connectivity index (χ0) is 18.9. The zero-order valence-corrected chi connectivity index (χ0v) is 16.3. The second-order valence-electron chi connectivity index (χ2n) is 6.63. The monoisotopic (exact) mass is 387 g/mol. The van der Waals surface area contributed by atoms with E-state index in [0.717, 1.165) is 44.2 Å². The maximum absolute atomic E-state index is 13.0. The maximum Gasteiger partial charge on any atom is 0.230 e. The van der Waals surface area contributed by atoms with Crippen LogP contribution in [0.3, 0.4) is 0 Å². The van der Waals surface area contributed by atoms with E-state index in [4.69, 9.17) is 0 Å². The molecule has 144 valence electrons. The fraction of sp³-hybridized carbons (Fsp3) is 0.381. The summed E-state index contributed by atoms with van der Waals surface area (Å²) < 4.78 is 13.0. The van der Waals surface area contributed by atoms with E-state index in [1.54, 1.807) is 11.8 Å². The number of thioether (sulfide) groups is 1. The molecule has 1 aliphatic heterocycles. The smallest absolute Gasteiger partial charge is 0.230 e. The predicted octanol–water partition coefficient (Wildman–Crippen LogP) is 3.00. The molecule has 0 radical (unpaired) electrons. The Labute approximate surface area is 164 Å². The summed E-state index contributed by atoms with van der Waals surface area (Å²) in [4.78, 5) is 16.6. The maximum atomic E-state index is 13.0. The molecule has 1 saturated heterocycles. The molecule has 1 aliphatic rings. The highest BCUT2D eigenvalue weighted by Gasteiger charge is 2.17. The molecule has 27 heavy (non-hydrogen) atoms. The van der Waals surface area contributed by atoms with Crippen LogP contribution in [0, 0.1) is 5.82 Å². The van der Waals surface area contributed by atoms with Gasteiger partial charge in [-0.3, -0.25) is 9.69 Å². The second-order valence-corrected chi connectivity index (χ2v) is 7.62. The van der Waals surface area contributed by atoms with Crippen molar-refractivity contribution in [1.82, 2.24) is 10.2 Å². The number of hydrogen-bond donors (Lipinski definition) is 1. The van der Waals surface area contributed by atoms with Crippen LogP contribution in [0.15, 0.2) is 54.6 Å². The minimum absolute atomic E-state index is 0.0980. The summed E-state index contributed by atoms with van der Waals surface area (Å²) >= 11 is 1.64. The van der Waals surface area contributed by atoms with Gasteiger partial charge in [-0.1, -0.05) is 30.3 Å². The zero-order valence-electron chi connectivity index (χ0n) is 15.4. The minimum Gasteiger partial charge on any atom is -0.369 e. The first-order valence-electron chi connectivity index (χ1n) is 9.32. The van der Waals surface area contributed by atoms with Crippen LogP contribution >= 0.6 is 11.8 Å². The largest absolute Gasteiger partial charge is 0.369 e. The molecular weight excluding hydrogens is 361 g/mol. The molecule has 0 atom stereocenters. The molecule has 1 fully saturated rings. The average Bonchev–Trinajstić information content (AvgIpc) is 2.70. The van der Waals surface area contributed by atoms with E-state index in [-0.39, 0.29) is 11.7 Å². The molecule has 0 aromatic heterocycles. The molecule has 0 aliphatic carbocycles. The van der Waals surface area contributed by atoms with Crippen LogP contribution in [-0.4, -0.2) is 55.8 Å². The Morgan fingerprint density at radius 3 is 2.41 bits per heavy atom. The Morgan fingerprint density at radius 2 is 1.70 bits per heavy atom. The molecule has 4 nitrogen and oxygen atoms in total. The summed E-state index contributed by atoms with van der Waals surface area (Å²) in [6, 6.07) is 16.9. The number of carbonyl (C=O) groups excluding carboxylic acids is 1. The van der Waals surface area contributed by atoms with E-state index in [9.17, 15) is 9.18 Å². The van der Waals surface area contributed by atoms with Crippen molar-refractivity contribution in [3.05, 3.63) is 66.0 Å². The number of halogens is 1. The Kier molecular flexibility index (Phi) is 7.54. The van der Waals surface area contributed by atoms with E-state index in [0.29, 0.717) is 12.3 Å². The summed E-state index contributed by atoms with van der Waals surface area (Å²) in [5, 5.41) is 3.01. The Bertz CT molecular complexity index is 703. The molecule has 3 rings (SSSR count). The number of hydrogen-bond acceptors (Lipinski definition) is 4. The van der Waals surface area contributed by atoms with Gasteiger partial charge in [0.1, 0.15) is 5.82 Å². The summed E-state index contributed by atoms with van der Waals surface area (Å²) in [6.07, 6.45) is 0. The Morgan fingerprint density at radius 1 is 1.00 bits per heavy atom. The van der Waals surface area contributed by atoms with E-state index in [1.165, 1.54) is 17.7 Å². The lowest BCUT2D eigenvalue weighted by Crippen LogP contribution is -2.48. The number of carbonyl (C=O) groups is 1. The van der Waals surface area contributed by atoms with Crippen molar-refractivity contribution < 1.29 is 9.18 Å². The molecule has 0 unspecified atom stereocenters. The Balaban J connectivity index is 1.27. The molecule has 2 aromatic rings. The van der Waals surface area contributed by atoms with Crippen molar-refractivity contribution in [2.24, 2.45) is 0 Å². The van der Waals surface area contributed by atoms with Crippen molar-refractivity contribution in [1.29, 1.82) is 0 Å². The molecule has 1 amide bonds. The molecule has 1 heterocycles. The third kappa shape index (κ3) is 6.56. The van der Waals surface area contributed by atoms with Crippen molar-refractivity contribution in [3.8, 4) is 0 Å². The highest BCUT2D eigenvalue weighted by Crippen LogP contribution is 2.16. The summed E-state index contributed by atoms with van der Waals surface area (Å²) in [7, 11) is 0. The number of anilines is 1. The van der Waals surface area contributed by atoms with Crippen LogP contribution < -0.4 is 10.2 Å². The number of nitrogens with zero attached hydrogens (tertiary/aromatic N) is 2. The van der Waals surface area contributed by atoms with Crippen molar-refractivity contribution in [2.45, 2.75) is 5.75 Å². The van der Waals surface area contributed by atoms with Gasteiger partial charge in [0.2, 0.25) is 5.91 Å². The summed E-state index contributed by atoms with van der Waals surface area (Å²) in [5.74, 6) is 1.25. The second kappa shape index (κ2) is 10.3. The van der Waals surface area contributed by atoms with Gasteiger partial charge < -0.3 is 10.2 Å². The van der Waals surface area contributed by atoms with E-state index in [1.807, 2.05) is 30.3 Å². The molecule has 2 aromatic carbocycles. The molecule has 0 saturated carbocycles. The number of rotatable bonds is 8. The first kappa shape index (κ1) is 19.7. The van der Waals surface area contributed by atoms with Gasteiger partial charge >= 0.3 is 0 Å². The minimum atomic E-state index is -0.199. The van der Waals surface area contributed by atoms with Crippen molar-refractivity contribution in [2.75, 3.05) is 49.9 Å². The van der Waals surface area contributed by atoms with Gasteiger partial charge in [-0.05, 0) is 29.8 Å². The predicted molar refractivity (Wildman–Crippen MR) is 111 cm³/mol. The molecule has 1 N–H and O–H groups in total. The normalized spacial score (nSPS) is 14.9. The highest BCUT2D eigenvalue weighted by atomic mass is 32.2. The Hall–Kier alpha value is -2.05. The van der Waals surface area contributed by atoms with Gasteiger partial charge in [-0.25, -0.2) is 4.39 Å². The molecule has 0 spiro atoms. The van der Waals surface area contributed by atoms with Gasteiger partial charge in [0.25, 0.3) is 0 Å². The third-order valence-corrected chi connectivity index (χ3v) is 5.66. The van der Waals surface area contributed by atoms with Crippen LogP contribution in [0.1, 0.15) is 5.56 Å². The van der Waals surface area contributed by atoms with Crippen LogP contribution in [0.5, 0.6) is 0 Å². The van der Waals surface area contributed by atoms with Crippen molar-refractivity contribution >= 4 is 23.4 Å². The number of benzene rings is 2. The van der Waals surface area contributed by atoms with Crippen LogP contribution in [-0.2, 0) is 10.5 Å². The van der Waals surface area contributed by atoms with Crippen LogP contribution in [0.2, 0.25) is 0 Å². The standard InChI is InChI=1S/C21H26FN3OS/c22-19-6-8-20(9-7-19)25-14-12-24(13-15-25)11-10-23-21(26)17-27-16-18-4-2-1-3-5-18/h1-9H,10-17H2,(H,23,26). The number of nitrogens with one attached hydrogen (secondary N) is 1. The van der Waals surface area contributed by atoms with Crippen molar-refractivity contribution in [3.63, 3.8) is 0 Å². The van der Waals surface area contributed by atoms with Gasteiger partial charge in [-0.15, -0.1) is 11.8 Å². The van der Waals surface area contributed by atoms with E-state index < -0.39 is 0 Å². The topological polar surface area (TPSA) is 35.6 Å². The van der Waals surface area contributed by atoms with Crippen LogP contribution in [0.25, 0.3) is 0 Å². The number of amides is 1. The lowest BCUT2D eigenvalue weighted by molar-refractivity contribution is -0.118. The molecule has 0 bridgehead atoms. The third-order valence-electron chi connectivity index (χ3n) is 4.66. The van der Waals surface area contributed by atoms with Crippen LogP contribution in [0.4, 0.5) is 10.1 Å². The fourth-order valence-corrected chi connectivity index (χ4v) is 3.94. The van der Waals surface area contributed by atoms with Gasteiger partial charge in [0, 0.05) is 50.7 Å². The first-order valence-corrected chi connectivity index (χ1v) is 10.5. The van der Waals surface area contributed by atoms with Gasteiger partial charge in [0.15, 0.2) is 0 Å². The summed E-state index contributed by atoms with van der Waals surface area (Å²) in [5.41, 5.74) is 2.31. The van der Waals surface area contributed by atoms with E-state index in [2.05, 4.69) is 27.2 Å². The quantitative estimate of drug-likeness (QED) is 0.755. The van der Waals surface area contributed by atoms with Gasteiger partial charge in [-0.2, -0.15) is 0 Å². The van der Waals surface area contributed by atoms with Gasteiger partial charge in [0.05, 0.1) is 5.75 Å². The highest BCUT2D eigenvalue weighted by molar-refractivity contribution is 7.99. The lowest BCUT2D eigenvalue weighted by Gasteiger charge is -2.36. The summed E-state index contributed by atoms with van der Waals surface area (Å²) in [6.45, 7) is 5.30. The SMILES string of the molecule is O=C(CSCc1ccccc1)NCCN1CCN(c2ccc(F)cc2)CC1. The molecule has 6 heteroatoms. The number of piperazine rings is 1. The lowest BCUT2D eigenvalue weighted by atomic mass is 10.2.